The average molecular weight is 486 g/mol. The first-order valence-electron chi connectivity index (χ1n) is 10.7. The van der Waals surface area contributed by atoms with E-state index in [2.05, 4.69) is 21.8 Å². The van der Waals surface area contributed by atoms with Crippen LogP contribution in [0.2, 0.25) is 0 Å². The third-order valence-corrected chi connectivity index (χ3v) is 7.45. The summed E-state index contributed by atoms with van der Waals surface area (Å²) in [6.07, 6.45) is 3.44. The maximum absolute atomic E-state index is 11.2. The number of hydrogen-bond donors (Lipinski definition) is 2. The van der Waals surface area contributed by atoms with Crippen LogP contribution in [0.4, 0.5) is 10.8 Å². The number of benzene rings is 2. The number of methoxy groups -OCH3 is 2. The van der Waals surface area contributed by atoms with Gasteiger partial charge in [0, 0.05) is 30.4 Å². The van der Waals surface area contributed by atoms with Gasteiger partial charge in [0.25, 0.3) is 0 Å². The van der Waals surface area contributed by atoms with Crippen LogP contribution >= 0.6 is 23.3 Å². The van der Waals surface area contributed by atoms with E-state index in [0.717, 1.165) is 41.8 Å². The van der Waals surface area contributed by atoms with Gasteiger partial charge in [0.1, 0.15) is 16.5 Å². The summed E-state index contributed by atoms with van der Waals surface area (Å²) in [5.74, 6) is 0.988. The number of thiazole rings is 1. The Morgan fingerprint density at radius 2 is 2.06 bits per heavy atom. The lowest BCUT2D eigenvalue weighted by atomic mass is 9.91. The molecule has 0 spiro atoms. The minimum absolute atomic E-state index is 0.188. The van der Waals surface area contributed by atoms with Gasteiger partial charge < -0.3 is 24.2 Å². The van der Waals surface area contributed by atoms with Crippen molar-refractivity contribution in [2.24, 2.45) is 5.92 Å². The topological polar surface area (TPSA) is 83.9 Å². The SMILES string of the molecule is COc1ccc(CC2CCCN(c3nc(SNc4ccc(C(=O)O)cc4OC)cs3)C2)cc1. The van der Waals surface area contributed by atoms with Crippen LogP contribution in [0.1, 0.15) is 28.8 Å². The Bertz CT molecular complexity index is 1090. The number of nitrogens with zero attached hydrogens (tertiary/aromatic N) is 2. The molecule has 0 radical (unpaired) electrons. The molecule has 1 fully saturated rings. The molecule has 1 aliphatic rings. The number of nitrogens with one attached hydrogen (secondary N) is 1. The van der Waals surface area contributed by atoms with Crippen molar-refractivity contribution in [3.05, 3.63) is 59.0 Å². The second-order valence-corrected chi connectivity index (χ2v) is 9.56. The molecule has 1 aliphatic heterocycles. The molecule has 2 N–H and O–H groups in total. The van der Waals surface area contributed by atoms with E-state index in [-0.39, 0.29) is 5.56 Å². The Balaban J connectivity index is 1.35. The molecule has 1 saturated heterocycles. The lowest BCUT2D eigenvalue weighted by Crippen LogP contribution is -2.36. The minimum atomic E-state index is -0.983. The number of aromatic nitrogens is 1. The van der Waals surface area contributed by atoms with Crippen molar-refractivity contribution in [1.82, 2.24) is 4.98 Å². The molecule has 0 saturated carbocycles. The molecular weight excluding hydrogens is 458 g/mol. The number of carboxylic acid groups (broad SMARTS) is 1. The summed E-state index contributed by atoms with van der Waals surface area (Å²) in [7, 11) is 3.21. The number of piperidine rings is 1. The van der Waals surface area contributed by atoms with Gasteiger partial charge in [-0.3, -0.25) is 0 Å². The summed E-state index contributed by atoms with van der Waals surface area (Å²) in [5, 5.41) is 13.1. The molecule has 0 bridgehead atoms. The van der Waals surface area contributed by atoms with Gasteiger partial charge in [0.05, 0.1) is 25.5 Å². The van der Waals surface area contributed by atoms with Crippen LogP contribution in [0.15, 0.2) is 52.9 Å². The maximum Gasteiger partial charge on any atom is 0.335 e. The van der Waals surface area contributed by atoms with E-state index >= 15 is 0 Å². The van der Waals surface area contributed by atoms with E-state index in [1.165, 1.54) is 37.1 Å². The van der Waals surface area contributed by atoms with Gasteiger partial charge in [-0.1, -0.05) is 12.1 Å². The lowest BCUT2D eigenvalue weighted by Gasteiger charge is -2.32. The highest BCUT2D eigenvalue weighted by atomic mass is 32.2. The molecule has 9 heteroatoms. The predicted octanol–water partition coefficient (Wildman–Crippen LogP) is 5.44. The van der Waals surface area contributed by atoms with Crippen LogP contribution in [-0.2, 0) is 6.42 Å². The molecule has 4 rings (SSSR count). The summed E-state index contributed by atoms with van der Waals surface area (Å²) in [6.45, 7) is 2.02. The van der Waals surface area contributed by atoms with Crippen molar-refractivity contribution in [3.8, 4) is 11.5 Å². The van der Waals surface area contributed by atoms with Crippen LogP contribution in [-0.4, -0.2) is 43.4 Å². The third-order valence-electron chi connectivity index (χ3n) is 5.66. The van der Waals surface area contributed by atoms with E-state index in [9.17, 15) is 4.79 Å². The Morgan fingerprint density at radius 1 is 1.24 bits per heavy atom. The van der Waals surface area contributed by atoms with E-state index in [1.807, 2.05) is 17.5 Å². The molecule has 1 aromatic heterocycles. The van der Waals surface area contributed by atoms with E-state index in [0.29, 0.717) is 17.4 Å². The molecule has 3 aromatic rings. The minimum Gasteiger partial charge on any atom is -0.497 e. The molecular formula is C24H27N3O4S2. The van der Waals surface area contributed by atoms with Gasteiger partial charge in [-0.25, -0.2) is 9.78 Å². The van der Waals surface area contributed by atoms with Crippen molar-refractivity contribution in [1.29, 1.82) is 0 Å². The van der Waals surface area contributed by atoms with Crippen LogP contribution in [0.3, 0.4) is 0 Å². The van der Waals surface area contributed by atoms with Gasteiger partial charge in [-0.05, 0) is 61.1 Å². The molecule has 174 valence electrons. The van der Waals surface area contributed by atoms with Crippen LogP contribution in [0.5, 0.6) is 11.5 Å². The number of anilines is 2. The Morgan fingerprint density at radius 3 is 2.79 bits per heavy atom. The number of aromatic carboxylic acids is 1. The quantitative estimate of drug-likeness (QED) is 0.388. The molecule has 0 aliphatic carbocycles. The largest absolute Gasteiger partial charge is 0.497 e. The molecule has 2 heterocycles. The number of ether oxygens (including phenoxy) is 2. The van der Waals surface area contributed by atoms with Gasteiger partial charge in [-0.2, -0.15) is 0 Å². The van der Waals surface area contributed by atoms with Crippen molar-refractivity contribution in [2.45, 2.75) is 24.3 Å². The van der Waals surface area contributed by atoms with Crippen molar-refractivity contribution in [3.63, 3.8) is 0 Å². The number of carboxylic acids is 1. The molecule has 1 atom stereocenters. The third kappa shape index (κ3) is 5.91. The van der Waals surface area contributed by atoms with E-state index in [1.54, 1.807) is 30.6 Å². The fourth-order valence-electron chi connectivity index (χ4n) is 3.96. The zero-order valence-corrected chi connectivity index (χ0v) is 20.2. The second-order valence-electron chi connectivity index (χ2n) is 7.90. The Hall–Kier alpha value is -2.91. The predicted molar refractivity (Wildman–Crippen MR) is 133 cm³/mol. The first-order chi connectivity index (χ1) is 16.1. The highest BCUT2D eigenvalue weighted by Gasteiger charge is 2.22. The normalized spacial score (nSPS) is 15.8. The van der Waals surface area contributed by atoms with Crippen LogP contribution in [0.25, 0.3) is 0 Å². The van der Waals surface area contributed by atoms with Crippen molar-refractivity contribution in [2.75, 3.05) is 36.9 Å². The zero-order chi connectivity index (χ0) is 23.2. The summed E-state index contributed by atoms with van der Waals surface area (Å²) >= 11 is 3.04. The van der Waals surface area contributed by atoms with E-state index in [4.69, 9.17) is 19.6 Å². The molecule has 7 nitrogen and oxygen atoms in total. The van der Waals surface area contributed by atoms with Crippen LogP contribution in [0, 0.1) is 5.92 Å². The fourth-order valence-corrected chi connectivity index (χ4v) is 5.59. The zero-order valence-electron chi connectivity index (χ0n) is 18.6. The molecule has 0 amide bonds. The van der Waals surface area contributed by atoms with Gasteiger partial charge >= 0.3 is 5.97 Å². The number of carbonyl (C=O) groups is 1. The summed E-state index contributed by atoms with van der Waals surface area (Å²) < 4.78 is 13.8. The summed E-state index contributed by atoms with van der Waals surface area (Å²) in [6, 6.07) is 13.1. The molecule has 2 aromatic carbocycles. The molecule has 1 unspecified atom stereocenters. The Labute approximate surface area is 201 Å². The number of hydrogen-bond acceptors (Lipinski definition) is 8. The standard InChI is InChI=1S/C24H27N3O4S2/c1-30-19-8-5-16(6-9-19)12-17-4-3-11-27(14-17)24-25-22(15-32-24)33-26-20-10-7-18(23(28)29)13-21(20)31-2/h5-10,13,15,17,26H,3-4,11-12,14H2,1-2H3,(H,28,29). The van der Waals surface area contributed by atoms with E-state index < -0.39 is 5.97 Å². The second kappa shape index (κ2) is 10.8. The smallest absolute Gasteiger partial charge is 0.335 e. The Kier molecular flexibility index (Phi) is 7.61. The highest BCUT2D eigenvalue weighted by Crippen LogP contribution is 2.34. The van der Waals surface area contributed by atoms with Gasteiger partial charge in [0.15, 0.2) is 5.13 Å². The fraction of sp³-hybridized carbons (Fsp3) is 0.333. The van der Waals surface area contributed by atoms with Crippen LogP contribution < -0.4 is 19.1 Å². The lowest BCUT2D eigenvalue weighted by molar-refractivity contribution is 0.0696. The van der Waals surface area contributed by atoms with Crippen molar-refractivity contribution >= 4 is 40.1 Å². The highest BCUT2D eigenvalue weighted by molar-refractivity contribution is 8.00. The summed E-state index contributed by atoms with van der Waals surface area (Å²) in [5.41, 5.74) is 2.23. The average Bonchev–Trinajstić information content (AvgIpc) is 3.32. The number of rotatable bonds is 9. The van der Waals surface area contributed by atoms with Gasteiger partial charge in [-0.15, -0.1) is 11.3 Å². The first-order valence-corrected chi connectivity index (χ1v) is 12.4. The molecule has 33 heavy (non-hydrogen) atoms. The van der Waals surface area contributed by atoms with Crippen molar-refractivity contribution < 1.29 is 19.4 Å². The first kappa shape index (κ1) is 23.3. The van der Waals surface area contributed by atoms with Gasteiger partial charge in [0.2, 0.25) is 0 Å². The maximum atomic E-state index is 11.2. The monoisotopic (exact) mass is 485 g/mol. The summed E-state index contributed by atoms with van der Waals surface area (Å²) in [4.78, 5) is 18.4.